The lowest BCUT2D eigenvalue weighted by atomic mass is 10.1. The van der Waals surface area contributed by atoms with Crippen molar-refractivity contribution in [2.45, 2.75) is 6.92 Å². The first kappa shape index (κ1) is 11.7. The molecule has 0 saturated carbocycles. The standard InChI is InChI=1S/C12H10ClNO3/c1-6-3-8-7(9(13)4-6)5-10(12(16)17-2)14-11(8)15/h3-5H,1-2H3,(H,14,15). The third-order valence-corrected chi connectivity index (χ3v) is 2.77. The largest absolute Gasteiger partial charge is 0.464 e. The van der Waals surface area contributed by atoms with E-state index in [2.05, 4.69) is 9.72 Å². The van der Waals surface area contributed by atoms with Crippen molar-refractivity contribution in [2.75, 3.05) is 7.11 Å². The molecule has 4 nitrogen and oxygen atoms in total. The molecule has 0 spiro atoms. The predicted octanol–water partition coefficient (Wildman–Crippen LogP) is 2.28. The number of hydrogen-bond acceptors (Lipinski definition) is 3. The Morgan fingerprint density at radius 1 is 1.29 bits per heavy atom. The Morgan fingerprint density at radius 2 is 2.00 bits per heavy atom. The quantitative estimate of drug-likeness (QED) is 0.791. The average Bonchev–Trinajstić information content (AvgIpc) is 2.29. The number of benzene rings is 1. The number of esters is 1. The first-order valence-electron chi connectivity index (χ1n) is 4.94. The molecule has 1 aromatic heterocycles. The number of hydrogen-bond donors (Lipinski definition) is 1. The summed E-state index contributed by atoms with van der Waals surface area (Å²) in [5, 5.41) is 1.44. The zero-order chi connectivity index (χ0) is 12.6. The number of methoxy groups -OCH3 is 1. The van der Waals surface area contributed by atoms with Crippen LogP contribution in [0.1, 0.15) is 16.1 Å². The van der Waals surface area contributed by atoms with E-state index in [4.69, 9.17) is 11.6 Å². The van der Waals surface area contributed by atoms with Crippen molar-refractivity contribution < 1.29 is 9.53 Å². The van der Waals surface area contributed by atoms with Gasteiger partial charge in [0, 0.05) is 15.8 Å². The van der Waals surface area contributed by atoms with Gasteiger partial charge in [-0.1, -0.05) is 11.6 Å². The van der Waals surface area contributed by atoms with E-state index in [-0.39, 0.29) is 11.3 Å². The predicted molar refractivity (Wildman–Crippen MR) is 65.7 cm³/mol. The molecular formula is C12H10ClNO3. The van der Waals surface area contributed by atoms with Gasteiger partial charge in [-0.25, -0.2) is 4.79 Å². The number of pyridine rings is 1. The van der Waals surface area contributed by atoms with Crippen LogP contribution in [0.25, 0.3) is 10.8 Å². The van der Waals surface area contributed by atoms with Crippen LogP contribution < -0.4 is 5.56 Å². The number of fused-ring (bicyclic) bond motifs is 1. The smallest absolute Gasteiger partial charge is 0.354 e. The summed E-state index contributed by atoms with van der Waals surface area (Å²) in [4.78, 5) is 25.6. The molecule has 17 heavy (non-hydrogen) atoms. The number of carbonyl (C=O) groups excluding carboxylic acids is 1. The summed E-state index contributed by atoms with van der Waals surface area (Å²) in [7, 11) is 1.25. The average molecular weight is 252 g/mol. The highest BCUT2D eigenvalue weighted by Crippen LogP contribution is 2.23. The van der Waals surface area contributed by atoms with Gasteiger partial charge < -0.3 is 9.72 Å². The lowest BCUT2D eigenvalue weighted by Gasteiger charge is -2.04. The summed E-state index contributed by atoms with van der Waals surface area (Å²) >= 11 is 6.05. The van der Waals surface area contributed by atoms with Gasteiger partial charge in [-0.2, -0.15) is 0 Å². The van der Waals surface area contributed by atoms with E-state index >= 15 is 0 Å². The van der Waals surface area contributed by atoms with Crippen molar-refractivity contribution in [1.82, 2.24) is 4.98 Å². The summed E-state index contributed by atoms with van der Waals surface area (Å²) in [5.41, 5.74) is 0.628. The zero-order valence-electron chi connectivity index (χ0n) is 9.33. The second kappa shape index (κ2) is 4.22. The lowest BCUT2D eigenvalue weighted by Crippen LogP contribution is -2.14. The molecule has 0 bridgehead atoms. The van der Waals surface area contributed by atoms with Crippen LogP contribution in [0.2, 0.25) is 5.02 Å². The third kappa shape index (κ3) is 2.03. The van der Waals surface area contributed by atoms with Crippen molar-refractivity contribution in [3.63, 3.8) is 0 Å². The minimum absolute atomic E-state index is 0.0933. The number of aromatic amines is 1. The number of nitrogens with one attached hydrogen (secondary N) is 1. The Morgan fingerprint density at radius 3 is 2.65 bits per heavy atom. The minimum atomic E-state index is -0.597. The summed E-state index contributed by atoms with van der Waals surface area (Å²) in [6.07, 6.45) is 0. The van der Waals surface area contributed by atoms with Gasteiger partial charge in [0.2, 0.25) is 0 Å². The van der Waals surface area contributed by atoms with E-state index in [9.17, 15) is 9.59 Å². The SMILES string of the molecule is COC(=O)c1cc2c(Cl)cc(C)cc2c(=O)[nH]1. The van der Waals surface area contributed by atoms with E-state index in [1.807, 2.05) is 6.92 Å². The Hall–Kier alpha value is -1.81. The Kier molecular flexibility index (Phi) is 2.90. The van der Waals surface area contributed by atoms with Crippen molar-refractivity contribution in [1.29, 1.82) is 0 Å². The fourth-order valence-corrected chi connectivity index (χ4v) is 2.01. The minimum Gasteiger partial charge on any atom is -0.464 e. The second-order valence-electron chi connectivity index (χ2n) is 3.71. The van der Waals surface area contributed by atoms with Crippen molar-refractivity contribution in [2.24, 2.45) is 0 Å². The van der Waals surface area contributed by atoms with E-state index in [0.717, 1.165) is 5.56 Å². The topological polar surface area (TPSA) is 59.2 Å². The maximum absolute atomic E-state index is 11.8. The molecule has 0 unspecified atom stereocenters. The second-order valence-corrected chi connectivity index (χ2v) is 4.12. The van der Waals surface area contributed by atoms with Gasteiger partial charge in [0.05, 0.1) is 7.11 Å². The molecule has 1 aromatic carbocycles. The van der Waals surface area contributed by atoms with Gasteiger partial charge in [0.1, 0.15) is 5.69 Å². The normalized spacial score (nSPS) is 10.5. The number of H-pyrrole nitrogens is 1. The summed E-state index contributed by atoms with van der Waals surface area (Å²) in [5.74, 6) is -0.597. The fraction of sp³-hybridized carbons (Fsp3) is 0.167. The number of carbonyl (C=O) groups is 1. The Balaban J connectivity index is 2.82. The van der Waals surface area contributed by atoms with Crippen LogP contribution in [0, 0.1) is 6.92 Å². The molecule has 5 heteroatoms. The van der Waals surface area contributed by atoms with Crippen LogP contribution in [0.15, 0.2) is 23.0 Å². The molecular weight excluding hydrogens is 242 g/mol. The molecule has 88 valence electrons. The highest BCUT2D eigenvalue weighted by molar-refractivity contribution is 6.35. The van der Waals surface area contributed by atoms with Gasteiger partial charge in [-0.05, 0) is 30.7 Å². The number of rotatable bonds is 1. The molecule has 2 rings (SSSR count). The molecule has 0 amide bonds. The van der Waals surface area contributed by atoms with Crippen molar-refractivity contribution in [3.8, 4) is 0 Å². The van der Waals surface area contributed by atoms with Gasteiger partial charge in [-0.15, -0.1) is 0 Å². The van der Waals surface area contributed by atoms with Crippen LogP contribution in [0.5, 0.6) is 0 Å². The molecule has 0 aliphatic rings. The number of aromatic nitrogens is 1. The van der Waals surface area contributed by atoms with E-state index in [0.29, 0.717) is 15.8 Å². The fourth-order valence-electron chi connectivity index (χ4n) is 1.68. The first-order chi connectivity index (χ1) is 8.02. The van der Waals surface area contributed by atoms with E-state index in [1.54, 1.807) is 12.1 Å². The molecule has 0 aliphatic carbocycles. The monoisotopic (exact) mass is 251 g/mol. The van der Waals surface area contributed by atoms with Gasteiger partial charge in [0.25, 0.3) is 5.56 Å². The molecule has 0 aliphatic heterocycles. The Labute approximate surface area is 102 Å². The van der Waals surface area contributed by atoms with Gasteiger partial charge in [0.15, 0.2) is 0 Å². The van der Waals surface area contributed by atoms with E-state index < -0.39 is 5.97 Å². The zero-order valence-corrected chi connectivity index (χ0v) is 10.1. The number of aryl methyl sites for hydroxylation is 1. The van der Waals surface area contributed by atoms with Gasteiger partial charge in [-0.3, -0.25) is 4.79 Å². The first-order valence-corrected chi connectivity index (χ1v) is 5.32. The molecule has 0 fully saturated rings. The number of ether oxygens (including phenoxy) is 1. The molecule has 1 heterocycles. The maximum atomic E-state index is 11.8. The summed E-state index contributed by atoms with van der Waals surface area (Å²) in [6, 6.07) is 4.98. The molecule has 0 atom stereocenters. The highest BCUT2D eigenvalue weighted by Gasteiger charge is 2.11. The van der Waals surface area contributed by atoms with Gasteiger partial charge >= 0.3 is 5.97 Å². The van der Waals surface area contributed by atoms with Crippen LogP contribution >= 0.6 is 11.6 Å². The van der Waals surface area contributed by atoms with Crippen molar-refractivity contribution >= 4 is 28.3 Å². The molecule has 0 radical (unpaired) electrons. The van der Waals surface area contributed by atoms with Crippen LogP contribution in [0.3, 0.4) is 0 Å². The molecule has 2 aromatic rings. The van der Waals surface area contributed by atoms with Crippen LogP contribution in [-0.4, -0.2) is 18.1 Å². The van der Waals surface area contributed by atoms with Crippen LogP contribution in [0.4, 0.5) is 0 Å². The van der Waals surface area contributed by atoms with E-state index in [1.165, 1.54) is 13.2 Å². The molecule has 1 N–H and O–H groups in total. The lowest BCUT2D eigenvalue weighted by molar-refractivity contribution is 0.0594. The van der Waals surface area contributed by atoms with Crippen LogP contribution in [-0.2, 0) is 4.74 Å². The summed E-state index contributed by atoms with van der Waals surface area (Å²) in [6.45, 7) is 1.85. The third-order valence-electron chi connectivity index (χ3n) is 2.46. The molecule has 0 saturated heterocycles. The summed E-state index contributed by atoms with van der Waals surface area (Å²) < 4.78 is 4.55. The highest BCUT2D eigenvalue weighted by atomic mass is 35.5. The maximum Gasteiger partial charge on any atom is 0.354 e. The van der Waals surface area contributed by atoms with Crippen molar-refractivity contribution in [3.05, 3.63) is 44.8 Å². The number of halogens is 1. The Bertz CT molecular complexity index is 661.